The number of halogens is 3. The van der Waals surface area contributed by atoms with Gasteiger partial charge in [0.25, 0.3) is 0 Å². The van der Waals surface area contributed by atoms with Crippen LogP contribution in [-0.2, 0) is 4.74 Å². The van der Waals surface area contributed by atoms with Crippen LogP contribution in [0, 0.1) is 18.3 Å². The Morgan fingerprint density at radius 2 is 2.05 bits per heavy atom. The van der Waals surface area contributed by atoms with Crippen LogP contribution in [-0.4, -0.2) is 18.9 Å². The summed E-state index contributed by atoms with van der Waals surface area (Å²) < 4.78 is 45.3. The average molecular weight is 273 g/mol. The summed E-state index contributed by atoms with van der Waals surface area (Å²) >= 11 is 0. The number of carbonyl (C=O) groups excluding carboxylic acids is 1. The highest BCUT2D eigenvalue weighted by Gasteiger charge is 2.34. The second kappa shape index (κ2) is 5.61. The van der Waals surface area contributed by atoms with Crippen LogP contribution in [0.5, 0.6) is 5.75 Å². The molecule has 4 nitrogen and oxygen atoms in total. The van der Waals surface area contributed by atoms with E-state index in [-0.39, 0.29) is 17.7 Å². The van der Waals surface area contributed by atoms with Crippen molar-refractivity contribution in [3.63, 3.8) is 0 Å². The molecule has 1 aromatic carbocycles. The molecule has 0 unspecified atom stereocenters. The average Bonchev–Trinajstić information content (AvgIpc) is 2.30. The molecule has 0 aliphatic rings. The Balaban J connectivity index is 3.34. The molecule has 0 N–H and O–H groups in total. The van der Waals surface area contributed by atoms with Crippen LogP contribution in [0.15, 0.2) is 12.1 Å². The Bertz CT molecular complexity index is 532. The van der Waals surface area contributed by atoms with Gasteiger partial charge in [-0.05, 0) is 31.5 Å². The lowest BCUT2D eigenvalue weighted by molar-refractivity contribution is -0.275. The molecule has 0 radical (unpaired) electrons. The zero-order valence-corrected chi connectivity index (χ0v) is 10.2. The van der Waals surface area contributed by atoms with Crippen LogP contribution in [0.2, 0.25) is 0 Å². The van der Waals surface area contributed by atoms with E-state index < -0.39 is 23.6 Å². The SMILES string of the molecule is CCOC(=O)c1cc(C#N)cc(C)c1OC(F)(F)F. The molecular weight excluding hydrogens is 263 g/mol. The number of alkyl halides is 3. The van der Waals surface area contributed by atoms with Gasteiger partial charge in [-0.25, -0.2) is 4.79 Å². The van der Waals surface area contributed by atoms with Gasteiger partial charge in [0.05, 0.1) is 18.2 Å². The van der Waals surface area contributed by atoms with Gasteiger partial charge in [-0.3, -0.25) is 0 Å². The minimum Gasteiger partial charge on any atom is -0.462 e. The number of esters is 1. The van der Waals surface area contributed by atoms with Crippen molar-refractivity contribution in [3.05, 3.63) is 28.8 Å². The van der Waals surface area contributed by atoms with Crippen LogP contribution in [0.4, 0.5) is 13.2 Å². The van der Waals surface area contributed by atoms with Gasteiger partial charge in [0.1, 0.15) is 11.3 Å². The first-order valence-electron chi connectivity index (χ1n) is 5.26. The highest BCUT2D eigenvalue weighted by molar-refractivity contribution is 5.93. The third-order valence-electron chi connectivity index (χ3n) is 2.12. The highest BCUT2D eigenvalue weighted by atomic mass is 19.4. The number of aryl methyl sites for hydroxylation is 1. The molecule has 1 rings (SSSR count). The van der Waals surface area contributed by atoms with Crippen LogP contribution >= 0.6 is 0 Å². The fourth-order valence-electron chi connectivity index (χ4n) is 1.45. The van der Waals surface area contributed by atoms with Gasteiger partial charge in [0.2, 0.25) is 0 Å². The summed E-state index contributed by atoms with van der Waals surface area (Å²) in [6.07, 6.45) is -4.93. The number of hydrogen-bond donors (Lipinski definition) is 0. The maximum absolute atomic E-state index is 12.3. The van der Waals surface area contributed by atoms with E-state index in [4.69, 9.17) is 5.26 Å². The molecule has 0 aromatic heterocycles. The molecule has 7 heteroatoms. The van der Waals surface area contributed by atoms with Gasteiger partial charge in [-0.15, -0.1) is 13.2 Å². The summed E-state index contributed by atoms with van der Waals surface area (Å²) in [6, 6.07) is 3.95. The van der Waals surface area contributed by atoms with E-state index in [1.165, 1.54) is 19.9 Å². The maximum Gasteiger partial charge on any atom is 0.573 e. The predicted molar refractivity (Wildman–Crippen MR) is 58.5 cm³/mol. The van der Waals surface area contributed by atoms with Gasteiger partial charge in [-0.2, -0.15) is 5.26 Å². The van der Waals surface area contributed by atoms with Crippen LogP contribution < -0.4 is 4.74 Å². The fourth-order valence-corrected chi connectivity index (χ4v) is 1.45. The molecule has 102 valence electrons. The van der Waals surface area contributed by atoms with Crippen LogP contribution in [0.25, 0.3) is 0 Å². The number of hydrogen-bond acceptors (Lipinski definition) is 4. The summed E-state index contributed by atoms with van der Waals surface area (Å²) in [5, 5.41) is 8.76. The second-order valence-electron chi connectivity index (χ2n) is 3.55. The fraction of sp³-hybridized carbons (Fsp3) is 0.333. The summed E-state index contributed by atoms with van der Waals surface area (Å²) in [6.45, 7) is 2.83. The van der Waals surface area contributed by atoms with E-state index in [2.05, 4.69) is 9.47 Å². The summed E-state index contributed by atoms with van der Waals surface area (Å²) in [5.74, 6) is -1.62. The van der Waals surface area contributed by atoms with Gasteiger partial charge in [0.15, 0.2) is 0 Å². The molecule has 19 heavy (non-hydrogen) atoms. The molecule has 1 aromatic rings. The van der Waals surface area contributed by atoms with Crippen LogP contribution in [0.1, 0.15) is 28.4 Å². The summed E-state index contributed by atoms with van der Waals surface area (Å²) in [4.78, 5) is 11.6. The number of nitriles is 1. The standard InChI is InChI=1S/C12H10F3NO3/c1-3-18-11(17)9-5-8(6-16)4-7(2)10(9)19-12(13,14)15/h4-5H,3H2,1-2H3. The predicted octanol–water partition coefficient (Wildman–Crippen LogP) is 2.94. The molecule has 0 atom stereocenters. The van der Waals surface area contributed by atoms with Crippen molar-refractivity contribution < 1.29 is 27.4 Å². The van der Waals surface area contributed by atoms with E-state index in [0.717, 1.165) is 6.07 Å². The first-order valence-corrected chi connectivity index (χ1v) is 5.26. The van der Waals surface area contributed by atoms with Crippen LogP contribution in [0.3, 0.4) is 0 Å². The molecule has 0 saturated carbocycles. The normalized spacial score (nSPS) is 10.7. The lowest BCUT2D eigenvalue weighted by atomic mass is 10.1. The zero-order chi connectivity index (χ0) is 14.6. The van der Waals surface area contributed by atoms with E-state index in [1.807, 2.05) is 0 Å². The topological polar surface area (TPSA) is 59.3 Å². The molecule has 0 spiro atoms. The lowest BCUT2D eigenvalue weighted by Crippen LogP contribution is -2.20. The van der Waals surface area contributed by atoms with Gasteiger partial charge in [-0.1, -0.05) is 0 Å². The number of benzene rings is 1. The Kier molecular flexibility index (Phi) is 4.38. The summed E-state index contributed by atoms with van der Waals surface area (Å²) in [7, 11) is 0. The Morgan fingerprint density at radius 1 is 1.42 bits per heavy atom. The number of rotatable bonds is 3. The maximum atomic E-state index is 12.3. The molecule has 0 fully saturated rings. The van der Waals surface area contributed by atoms with E-state index >= 15 is 0 Å². The first-order chi connectivity index (χ1) is 8.78. The third-order valence-corrected chi connectivity index (χ3v) is 2.12. The van der Waals surface area contributed by atoms with Gasteiger partial charge in [0, 0.05) is 0 Å². The summed E-state index contributed by atoms with van der Waals surface area (Å²) in [5.41, 5.74) is -0.342. The van der Waals surface area contributed by atoms with Crippen molar-refractivity contribution in [1.29, 1.82) is 5.26 Å². The third kappa shape index (κ3) is 3.88. The molecular formula is C12H10F3NO3. The number of carbonyl (C=O) groups is 1. The second-order valence-corrected chi connectivity index (χ2v) is 3.55. The lowest BCUT2D eigenvalue weighted by Gasteiger charge is -2.15. The van der Waals surface area contributed by atoms with Gasteiger partial charge >= 0.3 is 12.3 Å². The minimum absolute atomic E-state index is 0.000119. The molecule has 0 aliphatic carbocycles. The monoisotopic (exact) mass is 273 g/mol. The minimum atomic E-state index is -4.93. The number of nitrogens with zero attached hydrogens (tertiary/aromatic N) is 1. The molecule has 0 heterocycles. The van der Waals surface area contributed by atoms with E-state index in [1.54, 1.807) is 6.07 Å². The van der Waals surface area contributed by atoms with Crippen molar-refractivity contribution >= 4 is 5.97 Å². The van der Waals surface area contributed by atoms with Crippen molar-refractivity contribution in [2.24, 2.45) is 0 Å². The Labute approximate surface area is 107 Å². The molecule has 0 aliphatic heterocycles. The molecule has 0 saturated heterocycles. The first kappa shape index (κ1) is 14.8. The molecule has 0 amide bonds. The highest BCUT2D eigenvalue weighted by Crippen LogP contribution is 2.31. The Hall–Kier alpha value is -2.23. The smallest absolute Gasteiger partial charge is 0.462 e. The number of ether oxygens (including phenoxy) is 2. The largest absolute Gasteiger partial charge is 0.573 e. The van der Waals surface area contributed by atoms with Crippen molar-refractivity contribution in [2.45, 2.75) is 20.2 Å². The van der Waals surface area contributed by atoms with E-state index in [9.17, 15) is 18.0 Å². The van der Waals surface area contributed by atoms with Crippen molar-refractivity contribution in [1.82, 2.24) is 0 Å². The Morgan fingerprint density at radius 3 is 2.53 bits per heavy atom. The molecule has 0 bridgehead atoms. The zero-order valence-electron chi connectivity index (χ0n) is 10.2. The quantitative estimate of drug-likeness (QED) is 0.794. The van der Waals surface area contributed by atoms with Crippen molar-refractivity contribution in [2.75, 3.05) is 6.61 Å². The van der Waals surface area contributed by atoms with Crippen molar-refractivity contribution in [3.8, 4) is 11.8 Å². The van der Waals surface area contributed by atoms with E-state index in [0.29, 0.717) is 0 Å². The van der Waals surface area contributed by atoms with Gasteiger partial charge < -0.3 is 9.47 Å².